The topological polar surface area (TPSA) is 130 Å². The first-order valence-electron chi connectivity index (χ1n) is 7.52. The van der Waals surface area contributed by atoms with Gasteiger partial charge in [0.1, 0.15) is 13.2 Å². The highest BCUT2D eigenvalue weighted by Crippen LogP contribution is 1.86. The molecule has 0 saturated heterocycles. The molecule has 0 atom stereocenters. The first-order valence-corrected chi connectivity index (χ1v) is 7.52. The van der Waals surface area contributed by atoms with Gasteiger partial charge in [0, 0.05) is 0 Å². The van der Waals surface area contributed by atoms with Gasteiger partial charge in [-0.3, -0.25) is 14.4 Å². The zero-order valence-electron chi connectivity index (χ0n) is 13.6. The number of nitrogens with one attached hydrogen (secondary N) is 1. The molecule has 2 N–H and O–H groups in total. The molecule has 0 aromatic rings. The number of ether oxygens (including phenoxy) is 5. The summed E-state index contributed by atoms with van der Waals surface area (Å²) in [5, 5.41) is 10.6. The van der Waals surface area contributed by atoms with Crippen molar-refractivity contribution in [2.24, 2.45) is 0 Å². The van der Waals surface area contributed by atoms with Crippen LogP contribution in [0.5, 0.6) is 0 Å². The van der Waals surface area contributed by atoms with Gasteiger partial charge in [-0.05, 0) is 0 Å². The van der Waals surface area contributed by atoms with Gasteiger partial charge in [-0.2, -0.15) is 0 Å². The van der Waals surface area contributed by atoms with E-state index in [1.54, 1.807) is 0 Å². The number of aliphatic carboxylic acids is 1. The Balaban J connectivity index is 3.08. The molecule has 0 bridgehead atoms. The molecule has 0 rings (SSSR count). The second kappa shape index (κ2) is 17.6. The lowest BCUT2D eigenvalue weighted by atomic mass is 10.5. The van der Waals surface area contributed by atoms with Crippen LogP contribution in [0.15, 0.2) is 0 Å². The molecule has 140 valence electrons. The molecule has 0 aromatic heterocycles. The van der Waals surface area contributed by atoms with Crippen LogP contribution in [0.3, 0.4) is 0 Å². The molecule has 0 aliphatic carbocycles. The lowest BCUT2D eigenvalue weighted by molar-refractivity contribution is -0.144. The molecule has 0 radical (unpaired) electrons. The highest BCUT2D eigenvalue weighted by Gasteiger charge is 2.00. The van der Waals surface area contributed by atoms with E-state index in [0.717, 1.165) is 0 Å². The van der Waals surface area contributed by atoms with Gasteiger partial charge in [0.25, 0.3) is 0 Å². The van der Waals surface area contributed by atoms with Gasteiger partial charge in [0.2, 0.25) is 6.41 Å². The summed E-state index contributed by atoms with van der Waals surface area (Å²) in [7, 11) is 0. The molecule has 0 spiro atoms. The van der Waals surface area contributed by atoms with E-state index >= 15 is 0 Å². The second-order valence-electron chi connectivity index (χ2n) is 4.31. The molecule has 0 unspecified atom stereocenters. The smallest absolute Gasteiger partial charge is 0.325 e. The van der Waals surface area contributed by atoms with Crippen molar-refractivity contribution < 1.29 is 43.2 Å². The molecule has 0 saturated carbocycles. The minimum atomic E-state index is -0.889. The summed E-state index contributed by atoms with van der Waals surface area (Å²) in [5.41, 5.74) is 0. The van der Waals surface area contributed by atoms with Crippen molar-refractivity contribution in [3.05, 3.63) is 0 Å². The van der Waals surface area contributed by atoms with E-state index in [0.29, 0.717) is 46.1 Å². The van der Waals surface area contributed by atoms with Crippen molar-refractivity contribution in [2.75, 3.05) is 66.0 Å². The van der Waals surface area contributed by atoms with Gasteiger partial charge in [-0.15, -0.1) is 0 Å². The quantitative estimate of drug-likeness (QED) is 0.178. The number of carboxylic acid groups (broad SMARTS) is 1. The number of rotatable bonds is 18. The molecule has 24 heavy (non-hydrogen) atoms. The lowest BCUT2D eigenvalue weighted by Gasteiger charge is -2.07. The Morgan fingerprint density at radius 3 is 1.71 bits per heavy atom. The van der Waals surface area contributed by atoms with Crippen LogP contribution in [-0.4, -0.2) is 89.5 Å². The third-order valence-electron chi connectivity index (χ3n) is 2.40. The summed E-state index contributed by atoms with van der Waals surface area (Å²) in [6.07, 6.45) is 0.406. The Hall–Kier alpha value is -1.75. The Morgan fingerprint density at radius 1 is 0.792 bits per heavy atom. The minimum Gasteiger partial charge on any atom is -0.481 e. The maximum atomic E-state index is 11.0. The van der Waals surface area contributed by atoms with Crippen molar-refractivity contribution in [3.8, 4) is 0 Å². The van der Waals surface area contributed by atoms with E-state index in [4.69, 9.17) is 28.8 Å². The van der Waals surface area contributed by atoms with E-state index in [9.17, 15) is 14.4 Å². The van der Waals surface area contributed by atoms with Crippen molar-refractivity contribution in [1.82, 2.24) is 5.32 Å². The monoisotopic (exact) mass is 351 g/mol. The van der Waals surface area contributed by atoms with Crippen LogP contribution in [0.4, 0.5) is 0 Å². The van der Waals surface area contributed by atoms with E-state index in [1.807, 2.05) is 0 Å². The zero-order chi connectivity index (χ0) is 17.9. The van der Waals surface area contributed by atoms with Crippen molar-refractivity contribution in [2.45, 2.75) is 6.42 Å². The average molecular weight is 351 g/mol. The van der Waals surface area contributed by atoms with Crippen LogP contribution in [0.2, 0.25) is 0 Å². The fraction of sp³-hybridized carbons (Fsp3) is 0.786. The molecule has 0 aliphatic heterocycles. The molecule has 1 amide bonds. The predicted molar refractivity (Wildman–Crippen MR) is 80.6 cm³/mol. The first kappa shape index (κ1) is 22.2. The Labute approximate surface area is 140 Å². The molecule has 10 heteroatoms. The van der Waals surface area contributed by atoms with Crippen molar-refractivity contribution in [3.63, 3.8) is 0 Å². The number of hydrogen-bond donors (Lipinski definition) is 2. The maximum Gasteiger partial charge on any atom is 0.325 e. The van der Waals surface area contributed by atoms with Crippen LogP contribution in [0.25, 0.3) is 0 Å². The summed E-state index contributed by atoms with van der Waals surface area (Å²) in [6.45, 7) is 2.68. The normalized spacial score (nSPS) is 10.3. The van der Waals surface area contributed by atoms with Crippen LogP contribution in [-0.2, 0) is 38.1 Å². The third-order valence-corrected chi connectivity index (χ3v) is 2.40. The van der Waals surface area contributed by atoms with Crippen molar-refractivity contribution in [1.29, 1.82) is 0 Å². The van der Waals surface area contributed by atoms with Crippen LogP contribution in [0, 0.1) is 0 Å². The zero-order valence-corrected chi connectivity index (χ0v) is 13.6. The summed E-state index contributed by atoms with van der Waals surface area (Å²) in [4.78, 5) is 31.1. The number of esters is 1. The molecule has 0 aromatic carbocycles. The van der Waals surface area contributed by atoms with Gasteiger partial charge in [0.05, 0.1) is 59.3 Å². The van der Waals surface area contributed by atoms with E-state index in [-0.39, 0.29) is 32.8 Å². The standard InChI is InChI=1S/C14H25NO9/c16-12-15-11-14(19)24-10-9-23-8-7-22-6-5-21-4-3-20-2-1-13(17)18/h12H,1-11H2,(H,15,16)(H,17,18). The molecular formula is C14H25NO9. The van der Waals surface area contributed by atoms with Crippen LogP contribution < -0.4 is 5.32 Å². The fourth-order valence-electron chi connectivity index (χ4n) is 1.31. The number of carboxylic acids is 1. The SMILES string of the molecule is O=CNCC(=O)OCCOCCOCCOCCOCCC(=O)O. The van der Waals surface area contributed by atoms with Crippen LogP contribution in [0.1, 0.15) is 6.42 Å². The molecule has 0 fully saturated rings. The number of carbonyl (C=O) groups is 3. The second-order valence-corrected chi connectivity index (χ2v) is 4.31. The number of carbonyl (C=O) groups excluding carboxylic acids is 2. The summed E-state index contributed by atoms with van der Waals surface area (Å²) >= 11 is 0. The average Bonchev–Trinajstić information content (AvgIpc) is 2.56. The van der Waals surface area contributed by atoms with E-state index < -0.39 is 11.9 Å². The molecule has 0 aliphatic rings. The minimum absolute atomic E-state index is 0.0159. The van der Waals surface area contributed by atoms with E-state index in [2.05, 4.69) is 5.32 Å². The Morgan fingerprint density at radius 2 is 1.25 bits per heavy atom. The summed E-state index contributed by atoms with van der Waals surface area (Å²) in [5.74, 6) is -1.41. The Bertz CT molecular complexity index is 338. The first-order chi connectivity index (χ1) is 11.7. The highest BCUT2D eigenvalue weighted by atomic mass is 16.6. The summed E-state index contributed by atoms with van der Waals surface area (Å²) < 4.78 is 25.5. The number of hydrogen-bond acceptors (Lipinski definition) is 8. The van der Waals surface area contributed by atoms with Gasteiger partial charge in [0.15, 0.2) is 0 Å². The van der Waals surface area contributed by atoms with Crippen LogP contribution >= 0.6 is 0 Å². The summed E-state index contributed by atoms with van der Waals surface area (Å²) in [6, 6.07) is 0. The van der Waals surface area contributed by atoms with Gasteiger partial charge < -0.3 is 34.1 Å². The van der Waals surface area contributed by atoms with Gasteiger partial charge >= 0.3 is 11.9 Å². The molecule has 10 nitrogen and oxygen atoms in total. The van der Waals surface area contributed by atoms with Gasteiger partial charge in [-0.1, -0.05) is 0 Å². The van der Waals surface area contributed by atoms with Crippen molar-refractivity contribution >= 4 is 18.3 Å². The lowest BCUT2D eigenvalue weighted by Crippen LogP contribution is -2.24. The predicted octanol–water partition coefficient (Wildman–Crippen LogP) is -1.18. The largest absolute Gasteiger partial charge is 0.481 e. The Kier molecular flexibility index (Phi) is 16.3. The third kappa shape index (κ3) is 18.3. The maximum absolute atomic E-state index is 11.0. The highest BCUT2D eigenvalue weighted by molar-refractivity contribution is 5.73. The fourth-order valence-corrected chi connectivity index (χ4v) is 1.31. The van der Waals surface area contributed by atoms with Gasteiger partial charge in [-0.25, -0.2) is 0 Å². The molecule has 0 heterocycles. The number of amides is 1. The molecular weight excluding hydrogens is 326 g/mol. The van der Waals surface area contributed by atoms with E-state index in [1.165, 1.54) is 0 Å².